The van der Waals surface area contributed by atoms with Gasteiger partial charge in [-0.1, -0.05) is 12.1 Å². The number of carbonyl (C=O) groups is 1. The number of aryl methyl sites for hydroxylation is 1. The average molecular weight is 305 g/mol. The van der Waals surface area contributed by atoms with Crippen molar-refractivity contribution in [1.82, 2.24) is 4.98 Å². The van der Waals surface area contributed by atoms with Crippen molar-refractivity contribution >= 4 is 23.4 Å². The van der Waals surface area contributed by atoms with Gasteiger partial charge in [0.1, 0.15) is 11.6 Å². The average Bonchev–Trinajstić information content (AvgIpc) is 2.88. The number of rotatable bonds is 6. The van der Waals surface area contributed by atoms with E-state index in [-0.39, 0.29) is 0 Å². The van der Waals surface area contributed by atoms with Crippen molar-refractivity contribution in [2.24, 2.45) is 0 Å². The summed E-state index contributed by atoms with van der Waals surface area (Å²) >= 11 is 1.52. The SMILES string of the molecule is COc1cccc(/C=C/C(=O)O)c1OCc1nc(C)cs1. The molecule has 6 heteroatoms. The molecule has 0 aliphatic heterocycles. The molecule has 2 aromatic rings. The van der Waals surface area contributed by atoms with Gasteiger partial charge in [-0.2, -0.15) is 0 Å². The normalized spacial score (nSPS) is 10.8. The van der Waals surface area contributed by atoms with Crippen molar-refractivity contribution in [3.8, 4) is 11.5 Å². The second kappa shape index (κ2) is 6.90. The molecule has 0 bridgehead atoms. The van der Waals surface area contributed by atoms with Crippen molar-refractivity contribution in [3.05, 3.63) is 45.9 Å². The van der Waals surface area contributed by atoms with Crippen LogP contribution in [0.25, 0.3) is 6.08 Å². The van der Waals surface area contributed by atoms with Crippen LogP contribution < -0.4 is 9.47 Å². The monoisotopic (exact) mass is 305 g/mol. The first-order valence-corrected chi connectivity index (χ1v) is 7.10. The van der Waals surface area contributed by atoms with Gasteiger partial charge in [-0.25, -0.2) is 9.78 Å². The largest absolute Gasteiger partial charge is 0.493 e. The molecule has 0 spiro atoms. The van der Waals surface area contributed by atoms with Crippen molar-refractivity contribution < 1.29 is 19.4 Å². The topological polar surface area (TPSA) is 68.7 Å². The van der Waals surface area contributed by atoms with Crippen LogP contribution in [0.3, 0.4) is 0 Å². The lowest BCUT2D eigenvalue weighted by Gasteiger charge is -2.12. The number of carboxylic acid groups (broad SMARTS) is 1. The predicted octanol–water partition coefficient (Wildman–Crippen LogP) is 3.14. The molecule has 1 aromatic carbocycles. The molecule has 2 rings (SSSR count). The third-order valence-electron chi connectivity index (χ3n) is 2.64. The smallest absolute Gasteiger partial charge is 0.328 e. The summed E-state index contributed by atoms with van der Waals surface area (Å²) < 4.78 is 11.0. The summed E-state index contributed by atoms with van der Waals surface area (Å²) in [5.41, 5.74) is 1.59. The number of aromatic nitrogens is 1. The standard InChI is InChI=1S/C15H15NO4S/c1-10-9-21-13(16-10)8-20-15-11(6-7-14(17)18)4-3-5-12(15)19-2/h3-7,9H,8H2,1-2H3,(H,17,18)/b7-6+. The third kappa shape index (κ3) is 4.06. The fourth-order valence-electron chi connectivity index (χ4n) is 1.74. The number of ether oxygens (including phenoxy) is 2. The molecule has 5 nitrogen and oxygen atoms in total. The number of methoxy groups -OCH3 is 1. The molecule has 0 fully saturated rings. The molecule has 110 valence electrons. The van der Waals surface area contributed by atoms with E-state index < -0.39 is 5.97 Å². The van der Waals surface area contributed by atoms with Crippen LogP contribution in [-0.2, 0) is 11.4 Å². The second-order valence-corrected chi connectivity index (χ2v) is 5.16. The number of nitrogens with zero attached hydrogens (tertiary/aromatic N) is 1. The van der Waals surface area contributed by atoms with E-state index in [9.17, 15) is 4.79 Å². The Balaban J connectivity index is 2.24. The lowest BCUT2D eigenvalue weighted by atomic mass is 10.1. The van der Waals surface area contributed by atoms with Crippen LogP contribution >= 0.6 is 11.3 Å². The highest BCUT2D eigenvalue weighted by molar-refractivity contribution is 7.09. The number of carboxylic acids is 1. The quantitative estimate of drug-likeness (QED) is 0.830. The summed E-state index contributed by atoms with van der Waals surface area (Å²) in [5.74, 6) is 0.0421. The van der Waals surface area contributed by atoms with Gasteiger partial charge in [-0.15, -0.1) is 11.3 Å². The number of aliphatic carboxylic acids is 1. The van der Waals surface area contributed by atoms with Crippen molar-refractivity contribution in [1.29, 1.82) is 0 Å². The zero-order chi connectivity index (χ0) is 15.2. The lowest BCUT2D eigenvalue weighted by molar-refractivity contribution is -0.131. The van der Waals surface area contributed by atoms with E-state index in [0.29, 0.717) is 23.7 Å². The summed E-state index contributed by atoms with van der Waals surface area (Å²) in [5, 5.41) is 11.5. The van der Waals surface area contributed by atoms with Gasteiger partial charge in [0, 0.05) is 22.7 Å². The van der Waals surface area contributed by atoms with Gasteiger partial charge >= 0.3 is 5.97 Å². The van der Waals surface area contributed by atoms with Crippen LogP contribution in [0.4, 0.5) is 0 Å². The molecule has 0 saturated carbocycles. The Morgan fingerprint density at radius 1 is 1.48 bits per heavy atom. The van der Waals surface area contributed by atoms with Gasteiger partial charge < -0.3 is 14.6 Å². The molecular weight excluding hydrogens is 290 g/mol. The molecule has 0 amide bonds. The second-order valence-electron chi connectivity index (χ2n) is 4.22. The van der Waals surface area contributed by atoms with Crippen LogP contribution in [0, 0.1) is 6.92 Å². The zero-order valence-electron chi connectivity index (χ0n) is 11.7. The molecule has 0 atom stereocenters. The van der Waals surface area contributed by atoms with E-state index in [1.54, 1.807) is 25.3 Å². The first kappa shape index (κ1) is 15.1. The lowest BCUT2D eigenvalue weighted by Crippen LogP contribution is -1.99. The molecule has 0 unspecified atom stereocenters. The van der Waals surface area contributed by atoms with E-state index >= 15 is 0 Å². The molecule has 0 radical (unpaired) electrons. The minimum Gasteiger partial charge on any atom is -0.493 e. The Hall–Kier alpha value is -2.34. The summed E-state index contributed by atoms with van der Waals surface area (Å²) in [6.07, 6.45) is 2.54. The first-order valence-electron chi connectivity index (χ1n) is 6.22. The van der Waals surface area contributed by atoms with Gasteiger partial charge in [-0.05, 0) is 19.1 Å². The van der Waals surface area contributed by atoms with Crippen LogP contribution in [0.2, 0.25) is 0 Å². The summed E-state index contributed by atoms with van der Waals surface area (Å²) in [4.78, 5) is 15.0. The van der Waals surface area contributed by atoms with Gasteiger partial charge in [0.15, 0.2) is 11.5 Å². The minimum absolute atomic E-state index is 0.312. The Morgan fingerprint density at radius 2 is 2.29 bits per heavy atom. The minimum atomic E-state index is -1.01. The van der Waals surface area contributed by atoms with E-state index in [1.165, 1.54) is 17.4 Å². The predicted molar refractivity (Wildman–Crippen MR) is 80.8 cm³/mol. The number of thiazole rings is 1. The Labute approximate surface area is 126 Å². The van der Waals surface area contributed by atoms with E-state index in [1.807, 2.05) is 12.3 Å². The Bertz CT molecular complexity index is 663. The Kier molecular flexibility index (Phi) is 4.94. The first-order chi connectivity index (χ1) is 10.1. The molecule has 1 aromatic heterocycles. The molecule has 0 aliphatic rings. The molecule has 0 aliphatic carbocycles. The van der Waals surface area contributed by atoms with Crippen molar-refractivity contribution in [3.63, 3.8) is 0 Å². The number of para-hydroxylation sites is 1. The van der Waals surface area contributed by atoms with Crippen LogP contribution in [-0.4, -0.2) is 23.2 Å². The fourth-order valence-corrected chi connectivity index (χ4v) is 2.43. The highest BCUT2D eigenvalue weighted by atomic mass is 32.1. The van der Waals surface area contributed by atoms with Crippen LogP contribution in [0.1, 0.15) is 16.3 Å². The number of hydrogen-bond donors (Lipinski definition) is 1. The van der Waals surface area contributed by atoms with E-state index in [4.69, 9.17) is 14.6 Å². The van der Waals surface area contributed by atoms with E-state index in [0.717, 1.165) is 16.8 Å². The molecule has 1 heterocycles. The maximum absolute atomic E-state index is 10.7. The third-order valence-corrected chi connectivity index (χ3v) is 3.58. The molecular formula is C15H15NO4S. The van der Waals surface area contributed by atoms with Crippen LogP contribution in [0.5, 0.6) is 11.5 Å². The number of hydrogen-bond acceptors (Lipinski definition) is 5. The highest BCUT2D eigenvalue weighted by Crippen LogP contribution is 2.32. The van der Waals surface area contributed by atoms with Gasteiger partial charge in [-0.3, -0.25) is 0 Å². The highest BCUT2D eigenvalue weighted by Gasteiger charge is 2.10. The maximum Gasteiger partial charge on any atom is 0.328 e. The van der Waals surface area contributed by atoms with E-state index in [2.05, 4.69) is 4.98 Å². The van der Waals surface area contributed by atoms with Gasteiger partial charge in [0.2, 0.25) is 0 Å². The summed E-state index contributed by atoms with van der Waals surface area (Å²) in [6.45, 7) is 2.23. The van der Waals surface area contributed by atoms with Gasteiger partial charge in [0.05, 0.1) is 7.11 Å². The molecule has 1 N–H and O–H groups in total. The zero-order valence-corrected chi connectivity index (χ0v) is 12.5. The number of benzene rings is 1. The maximum atomic E-state index is 10.7. The van der Waals surface area contributed by atoms with Gasteiger partial charge in [0.25, 0.3) is 0 Å². The summed E-state index contributed by atoms with van der Waals surface area (Å²) in [7, 11) is 1.54. The molecule has 0 saturated heterocycles. The summed E-state index contributed by atoms with van der Waals surface area (Å²) in [6, 6.07) is 5.31. The fraction of sp³-hybridized carbons (Fsp3) is 0.200. The Morgan fingerprint density at radius 3 is 2.90 bits per heavy atom. The molecule has 21 heavy (non-hydrogen) atoms. The van der Waals surface area contributed by atoms with Crippen LogP contribution in [0.15, 0.2) is 29.7 Å². The van der Waals surface area contributed by atoms with Crippen molar-refractivity contribution in [2.45, 2.75) is 13.5 Å². The van der Waals surface area contributed by atoms with Crippen molar-refractivity contribution in [2.75, 3.05) is 7.11 Å².